The Morgan fingerprint density at radius 1 is 1.31 bits per heavy atom. The Balaban J connectivity index is 1.77. The average molecular weight is 427 g/mol. The molecular weight excluding hydrogens is 412 g/mol. The summed E-state index contributed by atoms with van der Waals surface area (Å²) < 4.78 is 6.19. The van der Waals surface area contributed by atoms with Crippen molar-refractivity contribution in [3.63, 3.8) is 0 Å². The van der Waals surface area contributed by atoms with Crippen LogP contribution in [0.4, 0.5) is 5.69 Å². The molecule has 1 aliphatic heterocycles. The van der Waals surface area contributed by atoms with Gasteiger partial charge in [0.2, 0.25) is 0 Å². The molecule has 0 aliphatic carbocycles. The molecule has 6 heteroatoms. The molecule has 0 atom stereocenters. The molecule has 1 fully saturated rings. The number of halogens is 1. The van der Waals surface area contributed by atoms with E-state index in [0.717, 1.165) is 21.3 Å². The van der Waals surface area contributed by atoms with E-state index in [-0.39, 0.29) is 12.5 Å². The molecule has 1 amide bonds. The summed E-state index contributed by atoms with van der Waals surface area (Å²) in [6.07, 6.45) is 7.01. The van der Waals surface area contributed by atoms with Gasteiger partial charge in [0.15, 0.2) is 5.17 Å². The van der Waals surface area contributed by atoms with Crippen molar-refractivity contribution in [3.8, 4) is 18.1 Å². The second-order valence-corrected chi connectivity index (χ2v) is 7.38. The molecule has 1 heterocycles. The summed E-state index contributed by atoms with van der Waals surface area (Å²) in [4.78, 5) is 17.2. The molecule has 0 saturated carbocycles. The highest BCUT2D eigenvalue weighted by Crippen LogP contribution is 2.31. The number of carbonyl (C=O) groups excluding carboxylic acids is 1. The summed E-state index contributed by atoms with van der Waals surface area (Å²) in [5, 5.41) is 3.36. The second kappa shape index (κ2) is 8.26. The molecule has 0 spiro atoms. The van der Waals surface area contributed by atoms with Crippen molar-refractivity contribution in [2.75, 3.05) is 6.61 Å². The third-order valence-electron chi connectivity index (χ3n) is 3.48. The second-order valence-electron chi connectivity index (χ2n) is 5.50. The largest absolute Gasteiger partial charge is 0.480 e. The van der Waals surface area contributed by atoms with Crippen molar-refractivity contribution in [1.82, 2.24) is 5.32 Å². The highest BCUT2D eigenvalue weighted by molar-refractivity contribution is 9.10. The van der Waals surface area contributed by atoms with Gasteiger partial charge in [-0.3, -0.25) is 4.79 Å². The van der Waals surface area contributed by atoms with Crippen LogP contribution < -0.4 is 10.1 Å². The van der Waals surface area contributed by atoms with Gasteiger partial charge in [0.25, 0.3) is 5.91 Å². The van der Waals surface area contributed by atoms with Crippen molar-refractivity contribution in [2.24, 2.45) is 4.99 Å². The third kappa shape index (κ3) is 4.57. The van der Waals surface area contributed by atoms with Gasteiger partial charge in [-0.25, -0.2) is 4.99 Å². The minimum absolute atomic E-state index is 0.162. The molecule has 0 unspecified atom stereocenters. The van der Waals surface area contributed by atoms with Crippen LogP contribution in [0.5, 0.6) is 5.75 Å². The summed E-state index contributed by atoms with van der Waals surface area (Å²) >= 11 is 4.76. The summed E-state index contributed by atoms with van der Waals surface area (Å²) in [5.41, 5.74) is 2.84. The number of benzene rings is 2. The number of aryl methyl sites for hydroxylation is 1. The fourth-order valence-electron chi connectivity index (χ4n) is 2.21. The Morgan fingerprint density at radius 2 is 2.08 bits per heavy atom. The lowest BCUT2D eigenvalue weighted by Gasteiger charge is -2.05. The maximum Gasteiger partial charge on any atom is 0.264 e. The Bertz CT molecular complexity index is 943. The molecule has 0 radical (unpaired) electrons. The molecule has 130 valence electrons. The number of nitrogens with one attached hydrogen (secondary N) is 1. The number of amidine groups is 1. The minimum atomic E-state index is -0.162. The van der Waals surface area contributed by atoms with Crippen molar-refractivity contribution >= 4 is 50.5 Å². The van der Waals surface area contributed by atoms with Gasteiger partial charge >= 0.3 is 0 Å². The van der Waals surface area contributed by atoms with Crippen LogP contribution in [0.15, 0.2) is 56.8 Å². The van der Waals surface area contributed by atoms with E-state index in [4.69, 9.17) is 11.2 Å². The Morgan fingerprint density at radius 3 is 2.77 bits per heavy atom. The Labute approximate surface area is 164 Å². The summed E-state index contributed by atoms with van der Waals surface area (Å²) in [7, 11) is 0. The smallest absolute Gasteiger partial charge is 0.264 e. The predicted octanol–water partition coefficient (Wildman–Crippen LogP) is 4.66. The van der Waals surface area contributed by atoms with Gasteiger partial charge in [0, 0.05) is 0 Å². The number of carbonyl (C=O) groups is 1. The lowest BCUT2D eigenvalue weighted by Crippen LogP contribution is -2.19. The van der Waals surface area contributed by atoms with Crippen LogP contribution in [-0.2, 0) is 4.79 Å². The molecule has 4 nitrogen and oxygen atoms in total. The number of ether oxygens (including phenoxy) is 1. The lowest BCUT2D eigenvalue weighted by atomic mass is 10.2. The van der Waals surface area contributed by atoms with Gasteiger partial charge in [-0.2, -0.15) is 0 Å². The minimum Gasteiger partial charge on any atom is -0.480 e. The van der Waals surface area contributed by atoms with Crippen molar-refractivity contribution in [3.05, 3.63) is 63.0 Å². The summed E-state index contributed by atoms with van der Waals surface area (Å²) in [5.74, 6) is 2.93. The molecule has 0 aromatic heterocycles. The fraction of sp³-hybridized carbons (Fsp3) is 0.100. The molecule has 1 saturated heterocycles. The molecule has 2 aromatic rings. The first kappa shape index (κ1) is 18.3. The number of hydrogen-bond donors (Lipinski definition) is 1. The standard InChI is InChI=1S/C20H15BrN2O2S/c1-3-10-25-17-9-6-14(11-16(17)21)12-18-19(24)23-20(26-18)22-15-7-4-13(2)5-8-15/h1,4-9,11-12H,10H2,2H3,(H,22,23,24)/b18-12-. The molecule has 0 bridgehead atoms. The van der Waals surface area contributed by atoms with Gasteiger partial charge in [-0.15, -0.1) is 6.42 Å². The highest BCUT2D eigenvalue weighted by Gasteiger charge is 2.23. The van der Waals surface area contributed by atoms with E-state index in [9.17, 15) is 4.79 Å². The number of rotatable bonds is 4. The van der Waals surface area contributed by atoms with Crippen LogP contribution in [0.1, 0.15) is 11.1 Å². The molecule has 26 heavy (non-hydrogen) atoms. The molecule has 3 rings (SSSR count). The summed E-state index contributed by atoms with van der Waals surface area (Å²) in [6.45, 7) is 2.22. The highest BCUT2D eigenvalue weighted by atomic mass is 79.9. The van der Waals surface area contributed by atoms with Gasteiger partial charge in [-0.05, 0) is 70.5 Å². The predicted molar refractivity (Wildman–Crippen MR) is 110 cm³/mol. The van der Waals surface area contributed by atoms with Crippen LogP contribution in [-0.4, -0.2) is 17.7 Å². The molecule has 2 aromatic carbocycles. The number of amides is 1. The van der Waals surface area contributed by atoms with Gasteiger partial charge in [0.05, 0.1) is 15.1 Å². The third-order valence-corrected chi connectivity index (χ3v) is 5.01. The summed E-state index contributed by atoms with van der Waals surface area (Å²) in [6, 6.07) is 13.4. The first-order chi connectivity index (χ1) is 12.5. The monoisotopic (exact) mass is 426 g/mol. The normalized spacial score (nSPS) is 16.6. The van der Waals surface area contributed by atoms with Crippen molar-refractivity contribution in [1.29, 1.82) is 0 Å². The lowest BCUT2D eigenvalue weighted by molar-refractivity contribution is -0.115. The van der Waals surface area contributed by atoms with Gasteiger partial charge in [0.1, 0.15) is 12.4 Å². The topological polar surface area (TPSA) is 50.7 Å². The first-order valence-corrected chi connectivity index (χ1v) is 9.38. The Hall–Kier alpha value is -2.49. The van der Waals surface area contributed by atoms with Crippen LogP contribution in [0.25, 0.3) is 6.08 Å². The zero-order valence-corrected chi connectivity index (χ0v) is 16.4. The number of terminal acetylenes is 1. The fourth-order valence-corrected chi connectivity index (χ4v) is 3.56. The molecule has 1 N–H and O–H groups in total. The van der Waals surface area contributed by atoms with Gasteiger partial charge in [-0.1, -0.05) is 29.7 Å². The quantitative estimate of drug-likeness (QED) is 0.571. The van der Waals surface area contributed by atoms with Crippen molar-refractivity contribution < 1.29 is 9.53 Å². The number of hydrogen-bond acceptors (Lipinski definition) is 4. The number of thioether (sulfide) groups is 1. The first-order valence-electron chi connectivity index (χ1n) is 7.77. The zero-order valence-electron chi connectivity index (χ0n) is 14.0. The maximum atomic E-state index is 12.2. The Kier molecular flexibility index (Phi) is 5.82. The van der Waals surface area contributed by atoms with Crippen LogP contribution in [0.3, 0.4) is 0 Å². The van der Waals surface area contributed by atoms with E-state index in [1.54, 1.807) is 0 Å². The number of aliphatic imine (C=N–C) groups is 1. The van der Waals surface area contributed by atoms with Crippen LogP contribution in [0.2, 0.25) is 0 Å². The maximum absolute atomic E-state index is 12.2. The van der Waals surface area contributed by atoms with E-state index in [1.165, 1.54) is 11.8 Å². The molecule has 1 aliphatic rings. The van der Waals surface area contributed by atoms with E-state index >= 15 is 0 Å². The van der Waals surface area contributed by atoms with Crippen LogP contribution >= 0.6 is 27.7 Å². The molecular formula is C20H15BrN2O2S. The average Bonchev–Trinajstić information content (AvgIpc) is 2.95. The van der Waals surface area contributed by atoms with E-state index in [1.807, 2.05) is 55.5 Å². The van der Waals surface area contributed by atoms with E-state index in [2.05, 4.69) is 32.2 Å². The SMILES string of the molecule is C#CCOc1ccc(/C=C2\SC(=Nc3ccc(C)cc3)NC2=O)cc1Br. The van der Waals surface area contributed by atoms with Crippen molar-refractivity contribution in [2.45, 2.75) is 6.92 Å². The van der Waals surface area contributed by atoms with Crippen LogP contribution in [0, 0.1) is 19.3 Å². The number of nitrogens with zero attached hydrogens (tertiary/aromatic N) is 1. The zero-order chi connectivity index (χ0) is 18.5. The van der Waals surface area contributed by atoms with Gasteiger partial charge < -0.3 is 10.1 Å². The van der Waals surface area contributed by atoms with E-state index < -0.39 is 0 Å². The van der Waals surface area contributed by atoms with E-state index in [0.29, 0.717) is 15.8 Å².